The van der Waals surface area contributed by atoms with Gasteiger partial charge in [0.25, 0.3) is 14.9 Å². The fraction of sp³-hybridized carbons (Fsp3) is 0.250. The van der Waals surface area contributed by atoms with Crippen LogP contribution < -0.4 is 9.47 Å². The summed E-state index contributed by atoms with van der Waals surface area (Å²) in [6, 6.07) is 1.88. The Morgan fingerprint density at radius 2 is 2.05 bits per heavy atom. The first-order valence-corrected chi connectivity index (χ1v) is 6.59. The third-order valence-corrected chi connectivity index (χ3v) is 2.88. The van der Waals surface area contributed by atoms with Gasteiger partial charge in [-0.25, -0.2) is 8.42 Å². The highest BCUT2D eigenvalue weighted by Gasteiger charge is 2.35. The molecule has 0 bridgehead atoms. The van der Waals surface area contributed by atoms with Gasteiger partial charge in [-0.3, -0.25) is 0 Å². The zero-order chi connectivity index (χ0) is 14.8. The van der Waals surface area contributed by atoms with Crippen LogP contribution in [0, 0.1) is 11.3 Å². The first-order valence-electron chi connectivity index (χ1n) is 4.28. The normalized spacial score (nSPS) is 11.8. The van der Waals surface area contributed by atoms with Crippen LogP contribution in [0.3, 0.4) is 0 Å². The molecule has 19 heavy (non-hydrogen) atoms. The van der Waals surface area contributed by atoms with Gasteiger partial charge in [-0.15, -0.1) is 13.2 Å². The number of halogens is 4. The highest BCUT2D eigenvalue weighted by atomic mass is 35.7. The van der Waals surface area contributed by atoms with Crippen molar-refractivity contribution in [1.29, 1.82) is 5.26 Å². The van der Waals surface area contributed by atoms with Gasteiger partial charge in [-0.2, -0.15) is 10.2 Å². The number of methoxy groups -OCH3 is 1. The number of rotatable bonds is 3. The van der Waals surface area contributed by atoms with E-state index in [2.05, 4.69) is 14.5 Å². The van der Waals surface area contributed by atoms with Gasteiger partial charge in [-0.1, -0.05) is 0 Å². The minimum Gasteiger partial charge on any atom is -0.478 e. The Hall–Kier alpha value is -1.73. The quantitative estimate of drug-likeness (QED) is 0.790. The summed E-state index contributed by atoms with van der Waals surface area (Å²) in [5.74, 6) is -1.86. The van der Waals surface area contributed by atoms with Crippen LogP contribution in [0.4, 0.5) is 13.2 Å². The maximum absolute atomic E-state index is 12.1. The molecule has 104 valence electrons. The van der Waals surface area contributed by atoms with Crippen molar-refractivity contribution in [2.45, 2.75) is 11.4 Å². The molecule has 0 radical (unpaired) electrons. The second kappa shape index (κ2) is 5.10. The third-order valence-electron chi connectivity index (χ3n) is 1.70. The van der Waals surface area contributed by atoms with E-state index in [1.165, 1.54) is 6.07 Å². The van der Waals surface area contributed by atoms with Crippen molar-refractivity contribution in [2.75, 3.05) is 7.11 Å². The van der Waals surface area contributed by atoms with Crippen LogP contribution in [0.15, 0.2) is 11.1 Å². The van der Waals surface area contributed by atoms with Crippen LogP contribution in [0.2, 0.25) is 0 Å². The molecule has 11 heteroatoms. The Kier molecular flexibility index (Phi) is 4.12. The maximum Gasteiger partial charge on any atom is 0.573 e. The molecule has 1 heterocycles. The van der Waals surface area contributed by atoms with E-state index in [1.807, 2.05) is 0 Å². The molecule has 0 fully saturated rings. The molecule has 0 aliphatic heterocycles. The number of ether oxygens (including phenoxy) is 2. The van der Waals surface area contributed by atoms with Gasteiger partial charge < -0.3 is 9.47 Å². The maximum atomic E-state index is 12.1. The number of hydrogen-bond donors (Lipinski definition) is 0. The van der Waals surface area contributed by atoms with Crippen molar-refractivity contribution in [3.63, 3.8) is 0 Å². The molecule has 0 atom stereocenters. The van der Waals surface area contributed by atoms with Gasteiger partial charge in [0.15, 0.2) is 5.03 Å². The second-order valence-corrected chi connectivity index (χ2v) is 5.46. The standard InChI is InChI=1S/C8H4ClF3N2O4S/c1-17-7-6(18-8(10,11)12)4(3-13)2-5(14-7)19(9,15)16/h2H,1H3. The molecule has 0 amide bonds. The Bertz CT molecular complexity index is 639. The first-order chi connectivity index (χ1) is 8.58. The summed E-state index contributed by atoms with van der Waals surface area (Å²) in [6.07, 6.45) is -5.10. The SMILES string of the molecule is COc1nc(S(=O)(=O)Cl)cc(C#N)c1OC(F)(F)F. The lowest BCUT2D eigenvalue weighted by molar-refractivity contribution is -0.275. The summed E-state index contributed by atoms with van der Waals surface area (Å²) in [7, 11) is 1.58. The molecule has 0 aromatic carbocycles. The number of hydrogen-bond acceptors (Lipinski definition) is 6. The summed E-state index contributed by atoms with van der Waals surface area (Å²) in [4.78, 5) is 3.24. The van der Waals surface area contributed by atoms with Crippen LogP contribution in [-0.4, -0.2) is 26.9 Å². The fourth-order valence-electron chi connectivity index (χ4n) is 1.05. The van der Waals surface area contributed by atoms with Crippen molar-refractivity contribution in [3.05, 3.63) is 11.6 Å². The number of pyridine rings is 1. The lowest BCUT2D eigenvalue weighted by Crippen LogP contribution is -2.19. The zero-order valence-electron chi connectivity index (χ0n) is 9.02. The minimum absolute atomic E-state index is 0.548. The fourth-order valence-corrected chi connectivity index (χ4v) is 1.74. The second-order valence-electron chi connectivity index (χ2n) is 2.94. The Morgan fingerprint density at radius 1 is 1.47 bits per heavy atom. The minimum atomic E-state index is -5.10. The Morgan fingerprint density at radius 3 is 2.42 bits per heavy atom. The van der Waals surface area contributed by atoms with E-state index in [4.69, 9.17) is 15.9 Å². The van der Waals surface area contributed by atoms with Crippen LogP contribution in [0.25, 0.3) is 0 Å². The number of nitriles is 1. The molecular weight excluding hydrogens is 313 g/mol. The van der Waals surface area contributed by atoms with Crippen LogP contribution >= 0.6 is 10.7 Å². The highest BCUT2D eigenvalue weighted by Crippen LogP contribution is 2.35. The van der Waals surface area contributed by atoms with E-state index >= 15 is 0 Å². The van der Waals surface area contributed by atoms with E-state index in [9.17, 15) is 21.6 Å². The van der Waals surface area contributed by atoms with Gasteiger partial charge >= 0.3 is 6.36 Å². The van der Waals surface area contributed by atoms with Crippen molar-refractivity contribution in [1.82, 2.24) is 4.98 Å². The van der Waals surface area contributed by atoms with Crippen LogP contribution in [0.5, 0.6) is 11.6 Å². The largest absolute Gasteiger partial charge is 0.573 e. The average molecular weight is 317 g/mol. The van der Waals surface area contributed by atoms with E-state index < -0.39 is 37.6 Å². The lowest BCUT2D eigenvalue weighted by Gasteiger charge is -2.13. The predicted molar refractivity (Wildman–Crippen MR) is 55.2 cm³/mol. The Balaban J connectivity index is 3.53. The first kappa shape index (κ1) is 15.3. The highest BCUT2D eigenvalue weighted by molar-refractivity contribution is 8.13. The van der Waals surface area contributed by atoms with Crippen LogP contribution in [-0.2, 0) is 9.05 Å². The average Bonchev–Trinajstić information content (AvgIpc) is 2.25. The van der Waals surface area contributed by atoms with Gasteiger partial charge in [0.1, 0.15) is 11.6 Å². The van der Waals surface area contributed by atoms with E-state index in [1.54, 1.807) is 0 Å². The predicted octanol–water partition coefficient (Wildman–Crippen LogP) is 1.79. The smallest absolute Gasteiger partial charge is 0.478 e. The summed E-state index contributed by atoms with van der Waals surface area (Å²) >= 11 is 0. The molecule has 0 aliphatic rings. The van der Waals surface area contributed by atoms with Crippen molar-refractivity contribution < 1.29 is 31.1 Å². The zero-order valence-corrected chi connectivity index (χ0v) is 10.6. The van der Waals surface area contributed by atoms with Gasteiger partial charge in [-0.05, 0) is 6.07 Å². The molecule has 0 saturated heterocycles. The van der Waals surface area contributed by atoms with E-state index in [0.29, 0.717) is 6.07 Å². The van der Waals surface area contributed by atoms with Crippen molar-refractivity contribution in [2.24, 2.45) is 0 Å². The summed E-state index contributed by atoms with van der Waals surface area (Å²) in [5, 5.41) is 7.88. The van der Waals surface area contributed by atoms with Gasteiger partial charge in [0.05, 0.1) is 7.11 Å². The van der Waals surface area contributed by atoms with Crippen molar-refractivity contribution in [3.8, 4) is 17.7 Å². The molecule has 0 saturated carbocycles. The van der Waals surface area contributed by atoms with Gasteiger partial charge in [0, 0.05) is 10.7 Å². The van der Waals surface area contributed by atoms with E-state index in [-0.39, 0.29) is 0 Å². The summed E-state index contributed by atoms with van der Waals surface area (Å²) in [6.45, 7) is 0. The lowest BCUT2D eigenvalue weighted by atomic mass is 10.2. The molecule has 0 unspecified atom stereocenters. The van der Waals surface area contributed by atoms with Crippen LogP contribution in [0.1, 0.15) is 5.56 Å². The van der Waals surface area contributed by atoms with E-state index in [0.717, 1.165) is 7.11 Å². The summed E-state index contributed by atoms with van der Waals surface area (Å²) < 4.78 is 66.6. The number of nitrogens with zero attached hydrogens (tertiary/aromatic N) is 2. The van der Waals surface area contributed by atoms with Gasteiger partial charge in [0.2, 0.25) is 5.75 Å². The molecule has 1 aromatic heterocycles. The summed E-state index contributed by atoms with van der Waals surface area (Å²) in [5.41, 5.74) is -0.733. The molecule has 0 aliphatic carbocycles. The third kappa shape index (κ3) is 3.87. The molecule has 1 rings (SSSR count). The molecule has 0 N–H and O–H groups in total. The molecule has 6 nitrogen and oxygen atoms in total. The molecular formula is C8H4ClF3N2O4S. The monoisotopic (exact) mass is 316 g/mol. The molecule has 1 aromatic rings. The Labute approximate surface area is 109 Å². The molecule has 0 spiro atoms. The van der Waals surface area contributed by atoms with Crippen molar-refractivity contribution >= 4 is 19.7 Å². The topological polar surface area (TPSA) is 89.3 Å². The number of alkyl halides is 3. The number of aromatic nitrogens is 1.